The first-order chi connectivity index (χ1) is 8.38. The lowest BCUT2D eigenvalue weighted by Gasteiger charge is -2.26. The molecule has 1 N–H and O–H groups in total. The highest BCUT2D eigenvalue weighted by molar-refractivity contribution is 5.13. The van der Waals surface area contributed by atoms with Gasteiger partial charge in [0.1, 0.15) is 6.33 Å². The maximum absolute atomic E-state index is 5.36. The zero-order valence-electron chi connectivity index (χ0n) is 10.4. The van der Waals surface area contributed by atoms with Crippen LogP contribution in [0.3, 0.4) is 0 Å². The van der Waals surface area contributed by atoms with Gasteiger partial charge in [-0.3, -0.25) is 0 Å². The molecule has 1 saturated heterocycles. The number of rotatable bonds is 5. The molecule has 1 aliphatic rings. The van der Waals surface area contributed by atoms with E-state index >= 15 is 0 Å². The van der Waals surface area contributed by atoms with E-state index in [1.165, 1.54) is 0 Å². The van der Waals surface area contributed by atoms with Gasteiger partial charge in [-0.05, 0) is 6.92 Å². The average molecular weight is 236 g/mol. The zero-order valence-corrected chi connectivity index (χ0v) is 10.4. The van der Waals surface area contributed by atoms with Crippen LogP contribution in [-0.4, -0.2) is 54.2 Å². The van der Waals surface area contributed by atoms with E-state index in [1.807, 2.05) is 13.0 Å². The molecule has 0 aromatic carbocycles. The number of ether oxygens (including phenoxy) is 1. The molecule has 0 radical (unpaired) electrons. The van der Waals surface area contributed by atoms with Crippen LogP contribution >= 0.6 is 0 Å². The summed E-state index contributed by atoms with van der Waals surface area (Å²) >= 11 is 0. The van der Waals surface area contributed by atoms with Crippen molar-refractivity contribution >= 4 is 0 Å². The number of nitrogens with one attached hydrogen (secondary N) is 1. The standard InChI is InChI=1S/C12H20N4O/c1-2-17-12-9-11(14-10-15-12)3-6-16-7-4-13-5-8-16/h9-10,13H,2-8H2,1H3. The minimum absolute atomic E-state index is 0.647. The molecule has 94 valence electrons. The minimum Gasteiger partial charge on any atom is -0.478 e. The van der Waals surface area contributed by atoms with Crippen LogP contribution in [0.25, 0.3) is 0 Å². The molecule has 0 saturated carbocycles. The van der Waals surface area contributed by atoms with Crippen molar-refractivity contribution in [3.8, 4) is 5.88 Å². The molecule has 5 heteroatoms. The van der Waals surface area contributed by atoms with Crippen LogP contribution in [0, 0.1) is 0 Å². The van der Waals surface area contributed by atoms with E-state index < -0.39 is 0 Å². The van der Waals surface area contributed by atoms with Crippen LogP contribution < -0.4 is 10.1 Å². The minimum atomic E-state index is 0.647. The highest BCUT2D eigenvalue weighted by Gasteiger charge is 2.09. The van der Waals surface area contributed by atoms with Gasteiger partial charge in [0.25, 0.3) is 0 Å². The highest BCUT2D eigenvalue weighted by atomic mass is 16.5. The van der Waals surface area contributed by atoms with Crippen molar-refractivity contribution in [1.29, 1.82) is 0 Å². The molecule has 1 fully saturated rings. The van der Waals surface area contributed by atoms with E-state index in [2.05, 4.69) is 20.2 Å². The first kappa shape index (κ1) is 12.3. The fourth-order valence-corrected chi connectivity index (χ4v) is 1.95. The van der Waals surface area contributed by atoms with Crippen molar-refractivity contribution in [1.82, 2.24) is 20.2 Å². The Kier molecular flexibility index (Phi) is 4.70. The third-order valence-corrected chi connectivity index (χ3v) is 2.88. The number of piperazine rings is 1. The molecule has 0 unspecified atom stereocenters. The summed E-state index contributed by atoms with van der Waals surface area (Å²) in [5.41, 5.74) is 1.06. The summed E-state index contributed by atoms with van der Waals surface area (Å²) in [5.74, 6) is 0.679. The Morgan fingerprint density at radius 1 is 1.35 bits per heavy atom. The van der Waals surface area contributed by atoms with Crippen molar-refractivity contribution in [2.24, 2.45) is 0 Å². The van der Waals surface area contributed by atoms with E-state index in [1.54, 1.807) is 6.33 Å². The second-order valence-electron chi connectivity index (χ2n) is 4.12. The van der Waals surface area contributed by atoms with E-state index in [0.717, 1.165) is 44.8 Å². The smallest absolute Gasteiger partial charge is 0.216 e. The van der Waals surface area contributed by atoms with Gasteiger partial charge < -0.3 is 15.0 Å². The van der Waals surface area contributed by atoms with Gasteiger partial charge in [0.05, 0.1) is 6.61 Å². The van der Waals surface area contributed by atoms with Crippen molar-refractivity contribution in [3.05, 3.63) is 18.1 Å². The first-order valence-electron chi connectivity index (χ1n) is 6.25. The predicted octanol–water partition coefficient (Wildman–Crippen LogP) is 0.323. The van der Waals surface area contributed by atoms with Crippen molar-refractivity contribution < 1.29 is 4.74 Å². The first-order valence-corrected chi connectivity index (χ1v) is 6.25. The lowest BCUT2D eigenvalue weighted by atomic mass is 10.2. The summed E-state index contributed by atoms with van der Waals surface area (Å²) in [7, 11) is 0. The Morgan fingerprint density at radius 2 is 2.18 bits per heavy atom. The SMILES string of the molecule is CCOc1cc(CCN2CCNCC2)ncn1. The van der Waals surface area contributed by atoms with Crippen LogP contribution in [0.2, 0.25) is 0 Å². The summed E-state index contributed by atoms with van der Waals surface area (Å²) in [5, 5.41) is 3.35. The molecule has 0 spiro atoms. The topological polar surface area (TPSA) is 50.3 Å². The second kappa shape index (κ2) is 6.51. The quantitative estimate of drug-likeness (QED) is 0.798. The predicted molar refractivity (Wildman–Crippen MR) is 66.2 cm³/mol. The van der Waals surface area contributed by atoms with Crippen LogP contribution in [0.4, 0.5) is 0 Å². The van der Waals surface area contributed by atoms with Crippen molar-refractivity contribution in [2.45, 2.75) is 13.3 Å². The molecule has 0 aliphatic carbocycles. The van der Waals surface area contributed by atoms with Crippen molar-refractivity contribution in [2.75, 3.05) is 39.3 Å². The Bertz CT molecular complexity index is 339. The molecule has 0 amide bonds. The molecular weight excluding hydrogens is 216 g/mol. The largest absolute Gasteiger partial charge is 0.478 e. The molecule has 17 heavy (non-hydrogen) atoms. The fraction of sp³-hybridized carbons (Fsp3) is 0.667. The fourth-order valence-electron chi connectivity index (χ4n) is 1.95. The lowest BCUT2D eigenvalue weighted by molar-refractivity contribution is 0.243. The van der Waals surface area contributed by atoms with Crippen molar-refractivity contribution in [3.63, 3.8) is 0 Å². The lowest BCUT2D eigenvalue weighted by Crippen LogP contribution is -2.44. The van der Waals surface area contributed by atoms with Gasteiger partial charge in [0.15, 0.2) is 0 Å². The number of nitrogens with zero attached hydrogens (tertiary/aromatic N) is 3. The number of aromatic nitrogens is 2. The van der Waals surface area contributed by atoms with Crippen LogP contribution in [0.1, 0.15) is 12.6 Å². The van der Waals surface area contributed by atoms with Crippen LogP contribution in [0.15, 0.2) is 12.4 Å². The molecule has 0 bridgehead atoms. The molecule has 2 rings (SSSR count). The van der Waals surface area contributed by atoms with E-state index in [-0.39, 0.29) is 0 Å². The van der Waals surface area contributed by atoms with Gasteiger partial charge in [-0.2, -0.15) is 0 Å². The van der Waals surface area contributed by atoms with Gasteiger partial charge in [-0.15, -0.1) is 0 Å². The Labute approximate surface area is 102 Å². The van der Waals surface area contributed by atoms with E-state index in [0.29, 0.717) is 12.5 Å². The molecule has 2 heterocycles. The molecule has 1 aromatic rings. The summed E-state index contributed by atoms with van der Waals surface area (Å²) in [6.45, 7) is 8.11. The molecule has 1 aliphatic heterocycles. The monoisotopic (exact) mass is 236 g/mol. The van der Waals surface area contributed by atoms with Gasteiger partial charge in [-0.1, -0.05) is 0 Å². The highest BCUT2D eigenvalue weighted by Crippen LogP contribution is 2.07. The molecule has 5 nitrogen and oxygen atoms in total. The summed E-state index contributed by atoms with van der Waals surface area (Å²) in [6, 6.07) is 1.94. The summed E-state index contributed by atoms with van der Waals surface area (Å²) < 4.78 is 5.36. The second-order valence-corrected chi connectivity index (χ2v) is 4.12. The maximum Gasteiger partial charge on any atom is 0.216 e. The van der Waals surface area contributed by atoms with Gasteiger partial charge in [0, 0.05) is 50.9 Å². The van der Waals surface area contributed by atoms with Gasteiger partial charge >= 0.3 is 0 Å². The number of hydrogen-bond donors (Lipinski definition) is 1. The van der Waals surface area contributed by atoms with Crippen LogP contribution in [-0.2, 0) is 6.42 Å². The Balaban J connectivity index is 1.83. The van der Waals surface area contributed by atoms with E-state index in [9.17, 15) is 0 Å². The van der Waals surface area contributed by atoms with Gasteiger partial charge in [-0.25, -0.2) is 9.97 Å². The molecule has 0 atom stereocenters. The molecule has 1 aromatic heterocycles. The molecular formula is C12H20N4O. The summed E-state index contributed by atoms with van der Waals surface area (Å²) in [4.78, 5) is 10.8. The number of hydrogen-bond acceptors (Lipinski definition) is 5. The third-order valence-electron chi connectivity index (χ3n) is 2.88. The zero-order chi connectivity index (χ0) is 11.9. The van der Waals surface area contributed by atoms with Gasteiger partial charge in [0.2, 0.25) is 5.88 Å². The Hall–Kier alpha value is -1.20. The Morgan fingerprint density at radius 3 is 2.94 bits per heavy atom. The summed E-state index contributed by atoms with van der Waals surface area (Å²) in [6.07, 6.45) is 2.54. The normalized spacial score (nSPS) is 17.0. The third kappa shape index (κ3) is 3.94. The van der Waals surface area contributed by atoms with Crippen LogP contribution in [0.5, 0.6) is 5.88 Å². The van der Waals surface area contributed by atoms with E-state index in [4.69, 9.17) is 4.74 Å². The average Bonchev–Trinajstić information content (AvgIpc) is 2.39. The maximum atomic E-state index is 5.36.